The molecule has 0 unspecified atom stereocenters. The maximum absolute atomic E-state index is 11.9. The van der Waals surface area contributed by atoms with Crippen LogP contribution in [-0.2, 0) is 21.5 Å². The fourth-order valence-electron chi connectivity index (χ4n) is 3.77. The van der Waals surface area contributed by atoms with Gasteiger partial charge in [0.2, 0.25) is 0 Å². The number of anilines is 3. The van der Waals surface area contributed by atoms with Crippen molar-refractivity contribution < 1.29 is 22.4 Å². The third-order valence-corrected chi connectivity index (χ3v) is 7.47. The van der Waals surface area contributed by atoms with Crippen LogP contribution in [0.1, 0.15) is 11.6 Å². The number of aromatic nitrogens is 3. The number of hydrogen-bond acceptors (Lipinski definition) is 9. The summed E-state index contributed by atoms with van der Waals surface area (Å²) in [6, 6.07) is 29.9. The molecule has 1 amide bonds. The van der Waals surface area contributed by atoms with Crippen LogP contribution >= 0.6 is 15.9 Å². The summed E-state index contributed by atoms with van der Waals surface area (Å²) >= 11 is 3.34. The number of nitrogens with two attached hydrogens (primary N) is 1. The summed E-state index contributed by atoms with van der Waals surface area (Å²) in [4.78, 5) is 11.6. The van der Waals surface area contributed by atoms with Crippen LogP contribution in [0.2, 0.25) is 0 Å². The highest BCUT2D eigenvalue weighted by Gasteiger charge is 2.19. The minimum atomic E-state index is -4.45. The first kappa shape index (κ1) is 32.0. The van der Waals surface area contributed by atoms with E-state index < -0.39 is 10.1 Å². The molecule has 0 bridgehead atoms. The molecule has 1 heterocycles. The number of hydrogen-bond donors (Lipinski definition) is 3. The average molecular weight is 678 g/mol. The number of nitrogens with zero attached hydrogens (tertiary/aromatic N) is 5. The van der Waals surface area contributed by atoms with Crippen LogP contribution in [0.4, 0.5) is 28.4 Å². The van der Waals surface area contributed by atoms with Crippen LogP contribution in [-0.4, -0.2) is 28.7 Å². The molecule has 5 rings (SSSR count). The number of nitrogens with one attached hydrogen (secondary N) is 2. The number of nitrogen functional groups attached to an aromatic ring is 1. The number of halogens is 1. The van der Waals surface area contributed by atoms with Crippen molar-refractivity contribution in [3.05, 3.63) is 119 Å². The number of azo groups is 1. The number of benzene rings is 4. The third-order valence-electron chi connectivity index (χ3n) is 6.09. The van der Waals surface area contributed by atoms with E-state index in [0.29, 0.717) is 17.2 Å². The number of rotatable bonds is 8. The molecule has 226 valence electrons. The van der Waals surface area contributed by atoms with Gasteiger partial charge in [0, 0.05) is 40.5 Å². The molecule has 0 saturated carbocycles. The van der Waals surface area contributed by atoms with E-state index in [0.717, 1.165) is 27.4 Å². The van der Waals surface area contributed by atoms with Gasteiger partial charge in [-0.25, -0.2) is 8.42 Å². The summed E-state index contributed by atoms with van der Waals surface area (Å²) in [5, 5.41) is 18.4. The second-order valence-electron chi connectivity index (χ2n) is 9.36. The van der Waals surface area contributed by atoms with Gasteiger partial charge in [-0.3, -0.25) is 10.6 Å². The van der Waals surface area contributed by atoms with Crippen LogP contribution in [0, 0.1) is 13.8 Å². The zero-order valence-electron chi connectivity index (χ0n) is 23.8. The van der Waals surface area contributed by atoms with Crippen LogP contribution in [0.25, 0.3) is 0 Å². The quantitative estimate of drug-likeness (QED) is 0.0824. The molecular weight excluding hydrogens is 648 g/mol. The maximum Gasteiger partial charge on any atom is 0.295 e. The first-order chi connectivity index (χ1) is 21.0. The van der Waals surface area contributed by atoms with E-state index in [9.17, 15) is 17.8 Å². The van der Waals surface area contributed by atoms with E-state index in [1.54, 1.807) is 11.6 Å². The Kier molecular flexibility index (Phi) is 10.6. The van der Waals surface area contributed by atoms with Gasteiger partial charge in [-0.2, -0.15) is 10.2 Å². The molecule has 0 aliphatic heterocycles. The summed E-state index contributed by atoms with van der Waals surface area (Å²) in [7, 11) is -4.45. The minimum Gasteiger partial charge on any atom is -0.744 e. The highest BCUT2D eigenvalue weighted by atomic mass is 79.9. The Morgan fingerprint density at radius 1 is 0.864 bits per heavy atom. The van der Waals surface area contributed by atoms with Crippen LogP contribution in [0.3, 0.4) is 0 Å². The molecule has 0 aliphatic carbocycles. The Labute approximate surface area is 263 Å². The fourth-order valence-corrected chi connectivity index (χ4v) is 4.50. The molecule has 0 saturated heterocycles. The van der Waals surface area contributed by atoms with Gasteiger partial charge in [0.25, 0.3) is 17.6 Å². The number of carbonyl (C=O) groups excluding carboxylic acids is 1. The highest BCUT2D eigenvalue weighted by molar-refractivity contribution is 9.10. The van der Waals surface area contributed by atoms with Crippen molar-refractivity contribution in [1.29, 1.82) is 0 Å². The molecule has 0 atom stereocenters. The van der Waals surface area contributed by atoms with Crippen molar-refractivity contribution in [2.75, 3.05) is 16.5 Å². The van der Waals surface area contributed by atoms with Crippen LogP contribution in [0.5, 0.6) is 0 Å². The lowest BCUT2D eigenvalue weighted by molar-refractivity contribution is -0.652. The van der Waals surface area contributed by atoms with Crippen molar-refractivity contribution >= 4 is 60.4 Å². The zero-order chi connectivity index (χ0) is 31.7. The molecule has 44 heavy (non-hydrogen) atoms. The van der Waals surface area contributed by atoms with E-state index in [1.807, 2.05) is 85.8 Å². The van der Waals surface area contributed by atoms with E-state index in [2.05, 4.69) is 41.9 Å². The number of amides is 1. The predicted molar refractivity (Wildman–Crippen MR) is 170 cm³/mol. The molecule has 4 N–H and O–H groups in total. The second kappa shape index (κ2) is 14.5. The van der Waals surface area contributed by atoms with Gasteiger partial charge >= 0.3 is 0 Å². The molecule has 0 aliphatic rings. The maximum atomic E-state index is 11.9. The van der Waals surface area contributed by atoms with E-state index in [4.69, 9.17) is 5.84 Å². The number of para-hydroxylation sites is 1. The third kappa shape index (κ3) is 9.29. The standard InChI is InChI=1S/C18H15N3O3S.C12H14BrN5O/c22-25(23,24)18-12-10-17(11-13-18)21-20-16-8-6-15(7-9-16)19-14-4-2-1-3-5-14;1-8-16-17(9(2)18(8)14)7-12(19)15-11-5-3-10(13)4-6-11/h1-13,19H,(H,22,23,24);3-6H,7,14H2,1-2H3. The Hall–Kier alpha value is -4.92. The van der Waals surface area contributed by atoms with Gasteiger partial charge in [-0.05, 0) is 84.9 Å². The largest absolute Gasteiger partial charge is 0.744 e. The average Bonchev–Trinajstić information content (AvgIpc) is 3.24. The lowest BCUT2D eigenvalue weighted by Gasteiger charge is -2.06. The fraction of sp³-hybridized carbons (Fsp3) is 0.100. The van der Waals surface area contributed by atoms with Gasteiger partial charge in [0.1, 0.15) is 10.1 Å². The Balaban J connectivity index is 0.000000209. The Bertz CT molecular complexity index is 1840. The van der Waals surface area contributed by atoms with Crippen LogP contribution < -0.4 is 21.2 Å². The zero-order valence-corrected chi connectivity index (χ0v) is 26.2. The summed E-state index contributed by atoms with van der Waals surface area (Å²) < 4.78 is 36.6. The first-order valence-corrected chi connectivity index (χ1v) is 15.3. The summed E-state index contributed by atoms with van der Waals surface area (Å²) in [6.45, 7) is 3.73. The van der Waals surface area contributed by atoms with Gasteiger partial charge in [0.15, 0.2) is 6.54 Å². The van der Waals surface area contributed by atoms with Gasteiger partial charge in [0.05, 0.1) is 16.3 Å². The van der Waals surface area contributed by atoms with Gasteiger partial charge in [-0.1, -0.05) is 34.1 Å². The summed E-state index contributed by atoms with van der Waals surface area (Å²) in [6.07, 6.45) is 0. The minimum absolute atomic E-state index is 0.132. The molecule has 5 aromatic rings. The predicted octanol–water partition coefficient (Wildman–Crippen LogP) is 5.65. The van der Waals surface area contributed by atoms with Crippen LogP contribution in [0.15, 0.2) is 123 Å². The molecule has 14 heteroatoms. The normalized spacial score (nSPS) is 11.1. The number of carbonyl (C=O) groups is 1. The van der Waals surface area contributed by atoms with E-state index in [-0.39, 0.29) is 17.3 Å². The molecular formula is C30H29BrN8O4S. The molecule has 0 spiro atoms. The van der Waals surface area contributed by atoms with E-state index in [1.165, 1.54) is 28.9 Å². The molecule has 1 aromatic heterocycles. The SMILES string of the molecule is Cc1nn(CC(=O)Nc2ccc(Br)cc2)c(C)[n+]1N.O=S(=O)([O-])c1ccc(N=Nc2ccc(Nc3ccccc3)cc2)cc1. The Morgan fingerprint density at radius 3 is 1.91 bits per heavy atom. The lowest BCUT2D eigenvalue weighted by Crippen LogP contribution is -2.48. The summed E-state index contributed by atoms with van der Waals surface area (Å²) in [5.74, 6) is 6.99. The molecule has 4 aromatic carbocycles. The Morgan fingerprint density at radius 2 is 1.39 bits per heavy atom. The monoisotopic (exact) mass is 676 g/mol. The lowest BCUT2D eigenvalue weighted by atomic mass is 10.2. The molecule has 0 fully saturated rings. The highest BCUT2D eigenvalue weighted by Crippen LogP contribution is 2.23. The van der Waals surface area contributed by atoms with Crippen molar-refractivity contribution in [1.82, 2.24) is 9.78 Å². The van der Waals surface area contributed by atoms with E-state index >= 15 is 0 Å². The molecule has 12 nitrogen and oxygen atoms in total. The van der Waals surface area contributed by atoms with Crippen molar-refractivity contribution in [3.63, 3.8) is 0 Å². The van der Waals surface area contributed by atoms with Crippen molar-refractivity contribution in [2.45, 2.75) is 25.3 Å². The smallest absolute Gasteiger partial charge is 0.295 e. The van der Waals surface area contributed by atoms with Crippen molar-refractivity contribution in [3.8, 4) is 0 Å². The molecule has 0 radical (unpaired) electrons. The topological polar surface area (TPSA) is 171 Å². The number of aryl methyl sites for hydroxylation is 1. The van der Waals surface area contributed by atoms with Gasteiger partial charge < -0.3 is 15.2 Å². The second-order valence-corrected chi connectivity index (χ2v) is 11.7. The van der Waals surface area contributed by atoms with Crippen molar-refractivity contribution in [2.24, 2.45) is 10.2 Å². The summed E-state index contributed by atoms with van der Waals surface area (Å²) in [5.41, 5.74) is 3.77. The van der Waals surface area contributed by atoms with Gasteiger partial charge in [-0.15, -0.1) is 9.36 Å². The first-order valence-electron chi connectivity index (χ1n) is 13.1.